The van der Waals surface area contributed by atoms with Crippen LogP contribution in [0.1, 0.15) is 28.9 Å². The van der Waals surface area contributed by atoms with Crippen molar-refractivity contribution in [3.05, 3.63) is 33.5 Å². The summed E-state index contributed by atoms with van der Waals surface area (Å²) in [4.78, 5) is 18.5. The van der Waals surface area contributed by atoms with Crippen molar-refractivity contribution in [3.63, 3.8) is 0 Å². The van der Waals surface area contributed by atoms with Gasteiger partial charge >= 0.3 is 0 Å². The topological polar surface area (TPSA) is 51.0 Å². The monoisotopic (exact) mass is 306 g/mol. The number of hydrogen-bond donors (Lipinski definition) is 0. The molecule has 1 atom stereocenters. The smallest absolute Gasteiger partial charge is 0.225 e. The molecule has 2 aromatic rings. The summed E-state index contributed by atoms with van der Waals surface area (Å²) in [6.45, 7) is 6.60. The highest BCUT2D eigenvalue weighted by Gasteiger charge is 2.21. The molecule has 0 bridgehead atoms. The second kappa shape index (κ2) is 6.39. The molecular formula is C15H22N4OS. The summed E-state index contributed by atoms with van der Waals surface area (Å²) in [5, 5.41) is 7.31. The third-order valence-electron chi connectivity index (χ3n) is 3.82. The van der Waals surface area contributed by atoms with Crippen molar-refractivity contribution in [3.8, 4) is 0 Å². The van der Waals surface area contributed by atoms with Crippen molar-refractivity contribution in [2.24, 2.45) is 13.0 Å². The van der Waals surface area contributed by atoms with Crippen molar-refractivity contribution in [2.75, 3.05) is 7.05 Å². The van der Waals surface area contributed by atoms with Gasteiger partial charge in [-0.3, -0.25) is 9.48 Å². The molecule has 0 spiro atoms. The molecule has 0 radical (unpaired) electrons. The van der Waals surface area contributed by atoms with E-state index < -0.39 is 0 Å². The molecule has 6 heteroatoms. The van der Waals surface area contributed by atoms with E-state index in [2.05, 4.69) is 10.1 Å². The number of amides is 1. The Hall–Kier alpha value is -1.69. The van der Waals surface area contributed by atoms with Crippen LogP contribution in [-0.4, -0.2) is 32.6 Å². The fourth-order valence-electron chi connectivity index (χ4n) is 2.49. The number of thiazole rings is 1. The Bertz CT molecular complexity index is 618. The van der Waals surface area contributed by atoms with E-state index in [0.29, 0.717) is 6.54 Å². The van der Waals surface area contributed by atoms with Gasteiger partial charge in [0.25, 0.3) is 0 Å². The van der Waals surface area contributed by atoms with Gasteiger partial charge in [0.1, 0.15) is 5.01 Å². The summed E-state index contributed by atoms with van der Waals surface area (Å²) in [5.74, 6) is 0.0874. The fourth-order valence-corrected chi connectivity index (χ4v) is 3.16. The van der Waals surface area contributed by atoms with Gasteiger partial charge < -0.3 is 4.90 Å². The van der Waals surface area contributed by atoms with Crippen LogP contribution in [0.3, 0.4) is 0 Å². The lowest BCUT2D eigenvalue weighted by Crippen LogP contribution is -2.32. The van der Waals surface area contributed by atoms with Gasteiger partial charge in [-0.05, 0) is 25.8 Å². The number of carbonyl (C=O) groups is 1. The van der Waals surface area contributed by atoms with Crippen LogP contribution in [-0.2, 0) is 24.8 Å². The standard InChI is InChI=1S/C15H22N4OS/c1-10(8-13-11(2)17-19(5)12(13)3)15(20)18(4)9-14-16-6-7-21-14/h6-7,10H,8-9H2,1-5H3. The molecule has 2 aromatic heterocycles. The Morgan fingerprint density at radius 2 is 2.19 bits per heavy atom. The highest BCUT2D eigenvalue weighted by Crippen LogP contribution is 2.19. The zero-order valence-corrected chi connectivity index (χ0v) is 14.1. The third-order valence-corrected chi connectivity index (χ3v) is 4.59. The maximum Gasteiger partial charge on any atom is 0.225 e. The van der Waals surface area contributed by atoms with Gasteiger partial charge in [-0.1, -0.05) is 6.92 Å². The maximum absolute atomic E-state index is 12.5. The molecule has 0 aliphatic heterocycles. The van der Waals surface area contributed by atoms with Crippen LogP contribution in [0.2, 0.25) is 0 Å². The van der Waals surface area contributed by atoms with Crippen LogP contribution in [0.15, 0.2) is 11.6 Å². The van der Waals surface area contributed by atoms with E-state index in [4.69, 9.17) is 0 Å². The van der Waals surface area contributed by atoms with Crippen LogP contribution in [0.4, 0.5) is 0 Å². The summed E-state index contributed by atoms with van der Waals surface area (Å²) in [6, 6.07) is 0. The average molecular weight is 306 g/mol. The third kappa shape index (κ3) is 3.50. The van der Waals surface area contributed by atoms with Gasteiger partial charge in [-0.15, -0.1) is 11.3 Å². The molecule has 2 rings (SSSR count). The summed E-state index contributed by atoms with van der Waals surface area (Å²) in [5.41, 5.74) is 3.33. The van der Waals surface area contributed by atoms with Crippen molar-refractivity contribution in [2.45, 2.75) is 33.7 Å². The van der Waals surface area contributed by atoms with E-state index in [-0.39, 0.29) is 11.8 Å². The average Bonchev–Trinajstić information content (AvgIpc) is 3.02. The predicted molar refractivity (Wildman–Crippen MR) is 84.1 cm³/mol. The molecule has 21 heavy (non-hydrogen) atoms. The first-order valence-electron chi connectivity index (χ1n) is 7.02. The molecule has 0 aliphatic rings. The van der Waals surface area contributed by atoms with E-state index in [9.17, 15) is 4.79 Å². The van der Waals surface area contributed by atoms with Gasteiger partial charge in [0.15, 0.2) is 0 Å². The fraction of sp³-hybridized carbons (Fsp3) is 0.533. The number of aryl methyl sites for hydroxylation is 2. The first-order chi connectivity index (χ1) is 9.90. The zero-order chi connectivity index (χ0) is 15.6. The lowest BCUT2D eigenvalue weighted by atomic mass is 9.98. The van der Waals surface area contributed by atoms with Gasteiger partial charge in [0, 0.05) is 37.3 Å². The van der Waals surface area contributed by atoms with Crippen LogP contribution >= 0.6 is 11.3 Å². The summed E-state index contributed by atoms with van der Waals surface area (Å²) in [7, 11) is 3.77. The number of nitrogens with zero attached hydrogens (tertiary/aromatic N) is 4. The maximum atomic E-state index is 12.5. The molecular weight excluding hydrogens is 284 g/mol. The van der Waals surface area contributed by atoms with Crippen molar-refractivity contribution >= 4 is 17.2 Å². The molecule has 1 amide bonds. The summed E-state index contributed by atoms with van der Waals surface area (Å²) < 4.78 is 1.88. The molecule has 0 aromatic carbocycles. The van der Waals surface area contributed by atoms with Crippen LogP contribution < -0.4 is 0 Å². The number of carbonyl (C=O) groups excluding carboxylic acids is 1. The molecule has 2 heterocycles. The number of aromatic nitrogens is 3. The van der Waals surface area contributed by atoms with Crippen molar-refractivity contribution < 1.29 is 4.79 Å². The lowest BCUT2D eigenvalue weighted by Gasteiger charge is -2.20. The number of hydrogen-bond acceptors (Lipinski definition) is 4. The molecule has 0 aliphatic carbocycles. The van der Waals surface area contributed by atoms with E-state index in [1.165, 1.54) is 5.56 Å². The van der Waals surface area contributed by atoms with Crippen molar-refractivity contribution in [1.82, 2.24) is 19.7 Å². The van der Waals surface area contributed by atoms with E-state index in [0.717, 1.165) is 22.8 Å². The zero-order valence-electron chi connectivity index (χ0n) is 13.3. The first-order valence-corrected chi connectivity index (χ1v) is 7.90. The Morgan fingerprint density at radius 3 is 2.71 bits per heavy atom. The van der Waals surface area contributed by atoms with Gasteiger partial charge in [0.05, 0.1) is 12.2 Å². The minimum atomic E-state index is -0.0587. The highest BCUT2D eigenvalue weighted by atomic mass is 32.1. The highest BCUT2D eigenvalue weighted by molar-refractivity contribution is 7.09. The van der Waals surface area contributed by atoms with E-state index >= 15 is 0 Å². The van der Waals surface area contributed by atoms with Crippen LogP contribution in [0.5, 0.6) is 0 Å². The summed E-state index contributed by atoms with van der Waals surface area (Å²) in [6.07, 6.45) is 2.50. The lowest BCUT2D eigenvalue weighted by molar-refractivity contribution is -0.134. The molecule has 1 unspecified atom stereocenters. The Balaban J connectivity index is 2.02. The van der Waals surface area contributed by atoms with Gasteiger partial charge in [0.2, 0.25) is 5.91 Å². The second-order valence-corrected chi connectivity index (χ2v) is 6.48. The second-order valence-electron chi connectivity index (χ2n) is 5.50. The van der Waals surface area contributed by atoms with Gasteiger partial charge in [-0.25, -0.2) is 4.98 Å². The molecule has 0 fully saturated rings. The number of rotatable bonds is 5. The van der Waals surface area contributed by atoms with Crippen LogP contribution in [0, 0.1) is 19.8 Å². The minimum Gasteiger partial charge on any atom is -0.339 e. The van der Waals surface area contributed by atoms with Crippen LogP contribution in [0.25, 0.3) is 0 Å². The SMILES string of the molecule is Cc1nn(C)c(C)c1CC(C)C(=O)N(C)Cc1nccs1. The molecule has 0 saturated heterocycles. The largest absolute Gasteiger partial charge is 0.339 e. The quantitative estimate of drug-likeness (QED) is 0.852. The van der Waals surface area contributed by atoms with E-state index in [1.54, 1.807) is 22.4 Å². The molecule has 114 valence electrons. The van der Waals surface area contributed by atoms with E-state index in [1.807, 2.05) is 44.9 Å². The first kappa shape index (κ1) is 15.7. The molecule has 0 saturated carbocycles. The summed E-state index contributed by atoms with van der Waals surface area (Å²) >= 11 is 1.57. The molecule has 0 N–H and O–H groups in total. The predicted octanol–water partition coefficient (Wildman–Crippen LogP) is 2.33. The minimum absolute atomic E-state index is 0.0587. The van der Waals surface area contributed by atoms with Crippen molar-refractivity contribution in [1.29, 1.82) is 0 Å². The Morgan fingerprint density at radius 1 is 1.48 bits per heavy atom. The Kier molecular flexibility index (Phi) is 4.77. The normalized spacial score (nSPS) is 12.4. The Labute approximate surface area is 129 Å². The van der Waals surface area contributed by atoms with Gasteiger partial charge in [-0.2, -0.15) is 5.10 Å². The molecule has 5 nitrogen and oxygen atoms in total.